The molecule has 120 valence electrons. The van der Waals surface area contributed by atoms with Crippen LogP contribution in [0.3, 0.4) is 0 Å². The number of ether oxygens (including phenoxy) is 4. The maximum absolute atomic E-state index is 11.1. The summed E-state index contributed by atoms with van der Waals surface area (Å²) in [4.78, 5) is 33.0. The summed E-state index contributed by atoms with van der Waals surface area (Å²) in [6.07, 6.45) is -4.75. The first-order valence-electron chi connectivity index (χ1n) is 6.17. The van der Waals surface area contributed by atoms with E-state index < -0.39 is 47.9 Å². The van der Waals surface area contributed by atoms with Crippen LogP contribution in [0.4, 0.5) is 0 Å². The summed E-state index contributed by atoms with van der Waals surface area (Å²) < 4.78 is 19.8. The summed E-state index contributed by atoms with van der Waals surface area (Å²) >= 11 is 6.11. The second-order valence-electron chi connectivity index (χ2n) is 4.46. The van der Waals surface area contributed by atoms with Gasteiger partial charge in [-0.1, -0.05) is 0 Å². The van der Waals surface area contributed by atoms with Crippen LogP contribution in [0, 0.1) is 0 Å². The van der Waals surface area contributed by atoms with Crippen molar-refractivity contribution in [2.45, 2.75) is 50.8 Å². The van der Waals surface area contributed by atoms with Gasteiger partial charge in [-0.25, -0.2) is 0 Å². The molecule has 1 N–H and O–H groups in total. The van der Waals surface area contributed by atoms with E-state index in [1.807, 2.05) is 0 Å². The van der Waals surface area contributed by atoms with Gasteiger partial charge in [-0.05, 0) is 0 Å². The van der Waals surface area contributed by atoms with Crippen molar-refractivity contribution in [2.75, 3.05) is 6.61 Å². The van der Waals surface area contributed by atoms with Gasteiger partial charge in [0.25, 0.3) is 0 Å². The molecule has 1 heterocycles. The largest absolute Gasteiger partial charge is 0.463 e. The first kappa shape index (κ1) is 17.7. The summed E-state index contributed by atoms with van der Waals surface area (Å²) in [5, 5.41) is 8.76. The van der Waals surface area contributed by atoms with Gasteiger partial charge in [0.15, 0.2) is 18.5 Å². The Bertz CT molecular complexity index is 410. The molecule has 0 bridgehead atoms. The summed E-state index contributed by atoms with van der Waals surface area (Å²) in [7, 11) is 0. The molecule has 0 saturated carbocycles. The molecule has 0 radical (unpaired) electrons. The van der Waals surface area contributed by atoms with Crippen molar-refractivity contribution in [2.24, 2.45) is 0 Å². The molecule has 21 heavy (non-hydrogen) atoms. The van der Waals surface area contributed by atoms with E-state index in [1.165, 1.54) is 13.8 Å². The molecule has 1 rings (SSSR count). The molecule has 0 unspecified atom stereocenters. The lowest BCUT2D eigenvalue weighted by Gasteiger charge is -2.40. The molecular weight excluding hydrogens is 308 g/mol. The van der Waals surface area contributed by atoms with E-state index in [0.717, 1.165) is 6.92 Å². The maximum Gasteiger partial charge on any atom is 0.303 e. The third kappa shape index (κ3) is 5.14. The Kier molecular flexibility index (Phi) is 6.38. The Morgan fingerprint density at radius 2 is 1.57 bits per heavy atom. The lowest BCUT2D eigenvalue weighted by Crippen LogP contribution is -2.59. The van der Waals surface area contributed by atoms with Gasteiger partial charge in [-0.3, -0.25) is 14.4 Å². The summed E-state index contributed by atoms with van der Waals surface area (Å²) in [5.41, 5.74) is 0. The highest BCUT2D eigenvalue weighted by Crippen LogP contribution is 2.29. The van der Waals surface area contributed by atoms with Gasteiger partial charge in [0.05, 0.1) is 0 Å². The molecule has 0 aromatic carbocycles. The maximum atomic E-state index is 11.1. The third-order valence-electron chi connectivity index (χ3n) is 2.64. The molecule has 0 amide bonds. The van der Waals surface area contributed by atoms with Gasteiger partial charge in [0.2, 0.25) is 0 Å². The molecular formula is C12H17ClO8. The SMILES string of the molecule is CC(=O)OC[C@H]1O[C@@H](O)[C@H](OC(C)=O)[C@@H](Cl)[C@@H]1OC(C)=O. The molecule has 9 heteroatoms. The van der Waals surface area contributed by atoms with Gasteiger partial charge in [-0.2, -0.15) is 0 Å². The van der Waals surface area contributed by atoms with Gasteiger partial charge in [0, 0.05) is 20.8 Å². The molecule has 1 fully saturated rings. The van der Waals surface area contributed by atoms with Crippen LogP contribution in [-0.2, 0) is 33.3 Å². The molecule has 0 spiro atoms. The summed E-state index contributed by atoms with van der Waals surface area (Å²) in [5.74, 6) is -1.88. The van der Waals surface area contributed by atoms with Crippen molar-refractivity contribution < 1.29 is 38.4 Å². The van der Waals surface area contributed by atoms with Crippen LogP contribution in [-0.4, -0.2) is 59.6 Å². The number of esters is 3. The number of aliphatic hydroxyl groups excluding tert-OH is 1. The Labute approximate surface area is 126 Å². The Morgan fingerprint density at radius 1 is 1.05 bits per heavy atom. The van der Waals surface area contributed by atoms with Crippen molar-refractivity contribution in [1.82, 2.24) is 0 Å². The molecule has 8 nitrogen and oxygen atoms in total. The average molecular weight is 325 g/mol. The number of rotatable bonds is 4. The standard InChI is InChI=1S/C12H17ClO8/c1-5(14)18-4-8-10(19-6(2)15)9(13)11(12(17)21-8)20-7(3)16/h8-12,17H,4H2,1-3H3/t8-,9+,10-,11-,12-/m1/s1. The molecule has 1 saturated heterocycles. The van der Waals surface area contributed by atoms with Crippen molar-refractivity contribution in [3.8, 4) is 0 Å². The molecule has 0 aliphatic carbocycles. The molecule has 1 aliphatic heterocycles. The second kappa shape index (κ2) is 7.58. The molecule has 5 atom stereocenters. The molecule has 1 aliphatic rings. The highest BCUT2D eigenvalue weighted by molar-refractivity contribution is 6.21. The van der Waals surface area contributed by atoms with Crippen molar-refractivity contribution in [1.29, 1.82) is 0 Å². The number of hydrogen-bond acceptors (Lipinski definition) is 8. The summed E-state index contributed by atoms with van der Waals surface area (Å²) in [6, 6.07) is 0. The van der Waals surface area contributed by atoms with E-state index in [9.17, 15) is 19.5 Å². The topological polar surface area (TPSA) is 108 Å². The van der Waals surface area contributed by atoms with E-state index in [0.29, 0.717) is 0 Å². The zero-order valence-corrected chi connectivity index (χ0v) is 12.5. The van der Waals surface area contributed by atoms with Crippen LogP contribution >= 0.6 is 11.6 Å². The van der Waals surface area contributed by atoms with Crippen LogP contribution < -0.4 is 0 Å². The first-order valence-corrected chi connectivity index (χ1v) is 6.61. The highest BCUT2D eigenvalue weighted by atomic mass is 35.5. The predicted octanol–water partition coefficient (Wildman–Crippen LogP) is -0.263. The average Bonchev–Trinajstić information content (AvgIpc) is 2.35. The normalized spacial score (nSPS) is 32.1. The van der Waals surface area contributed by atoms with Gasteiger partial charge in [-0.15, -0.1) is 11.6 Å². The van der Waals surface area contributed by atoms with E-state index in [2.05, 4.69) is 0 Å². The van der Waals surface area contributed by atoms with Gasteiger partial charge >= 0.3 is 17.9 Å². The fourth-order valence-electron chi connectivity index (χ4n) is 1.86. The predicted molar refractivity (Wildman–Crippen MR) is 68.3 cm³/mol. The Hall–Kier alpha value is -1.38. The quantitative estimate of drug-likeness (QED) is 0.428. The monoisotopic (exact) mass is 324 g/mol. The first-order chi connectivity index (χ1) is 9.72. The van der Waals surface area contributed by atoms with Crippen LogP contribution in [0.2, 0.25) is 0 Å². The van der Waals surface area contributed by atoms with Gasteiger partial charge < -0.3 is 24.1 Å². The van der Waals surface area contributed by atoms with E-state index in [4.69, 9.17) is 30.5 Å². The van der Waals surface area contributed by atoms with Crippen LogP contribution in [0.1, 0.15) is 20.8 Å². The zero-order valence-electron chi connectivity index (χ0n) is 11.8. The highest BCUT2D eigenvalue weighted by Gasteiger charge is 2.48. The minimum Gasteiger partial charge on any atom is -0.463 e. The van der Waals surface area contributed by atoms with E-state index >= 15 is 0 Å². The zero-order chi connectivity index (χ0) is 16.2. The Morgan fingerprint density at radius 3 is 2.05 bits per heavy atom. The number of halogens is 1. The fraction of sp³-hybridized carbons (Fsp3) is 0.750. The Balaban J connectivity index is 2.86. The minimum atomic E-state index is -1.52. The lowest BCUT2D eigenvalue weighted by atomic mass is 10.0. The van der Waals surface area contributed by atoms with E-state index in [1.54, 1.807) is 0 Å². The lowest BCUT2D eigenvalue weighted by molar-refractivity contribution is -0.260. The van der Waals surface area contributed by atoms with Crippen LogP contribution in [0.25, 0.3) is 0 Å². The van der Waals surface area contributed by atoms with Crippen molar-refractivity contribution >= 4 is 29.5 Å². The third-order valence-corrected chi connectivity index (χ3v) is 3.14. The number of aliphatic hydroxyl groups is 1. The van der Waals surface area contributed by atoms with E-state index in [-0.39, 0.29) is 6.61 Å². The molecule has 0 aromatic heterocycles. The second-order valence-corrected chi connectivity index (χ2v) is 4.96. The summed E-state index contributed by atoms with van der Waals surface area (Å²) in [6.45, 7) is 3.24. The number of carbonyl (C=O) groups excluding carboxylic acids is 3. The molecule has 0 aromatic rings. The van der Waals surface area contributed by atoms with Crippen molar-refractivity contribution in [3.63, 3.8) is 0 Å². The van der Waals surface area contributed by atoms with Crippen molar-refractivity contribution in [3.05, 3.63) is 0 Å². The van der Waals surface area contributed by atoms with Gasteiger partial charge in [0.1, 0.15) is 18.1 Å². The number of alkyl halides is 1. The number of carbonyl (C=O) groups is 3. The smallest absolute Gasteiger partial charge is 0.303 e. The van der Waals surface area contributed by atoms with Crippen LogP contribution in [0.15, 0.2) is 0 Å². The minimum absolute atomic E-state index is 0.264. The number of hydrogen-bond donors (Lipinski definition) is 1. The van der Waals surface area contributed by atoms with Crippen LogP contribution in [0.5, 0.6) is 0 Å². The fourth-order valence-corrected chi connectivity index (χ4v) is 2.25.